The first-order valence-corrected chi connectivity index (χ1v) is 6.45. The Balaban J connectivity index is 2.34. The van der Waals surface area contributed by atoms with Crippen molar-refractivity contribution >= 4 is 22.6 Å². The van der Waals surface area contributed by atoms with Gasteiger partial charge in [0.25, 0.3) is 5.56 Å². The van der Waals surface area contributed by atoms with Gasteiger partial charge in [-0.1, -0.05) is 13.0 Å². The Labute approximate surface area is 113 Å². The Morgan fingerprint density at radius 1 is 1.47 bits per heavy atom. The molecule has 2 heterocycles. The van der Waals surface area contributed by atoms with E-state index < -0.39 is 0 Å². The minimum atomic E-state index is -0.0589. The lowest BCUT2D eigenvalue weighted by Crippen LogP contribution is -2.18. The number of hydrogen-bond acceptors (Lipinski definition) is 3. The minimum absolute atomic E-state index is 0.0589. The van der Waals surface area contributed by atoms with Crippen molar-refractivity contribution in [2.24, 2.45) is 0 Å². The molecule has 0 fully saturated rings. The van der Waals surface area contributed by atoms with E-state index in [1.807, 2.05) is 41.6 Å². The lowest BCUT2D eigenvalue weighted by atomic mass is 10.2. The smallest absolute Gasteiger partial charge is 0.264 e. The first kappa shape index (κ1) is 12.2. The van der Waals surface area contributed by atoms with Gasteiger partial charge in [-0.3, -0.25) is 9.78 Å². The van der Waals surface area contributed by atoms with Gasteiger partial charge in [0.05, 0.1) is 9.26 Å². The summed E-state index contributed by atoms with van der Waals surface area (Å²) in [5, 5.41) is 0. The molecular formula is C12H12IN3O. The maximum absolute atomic E-state index is 11.7. The Morgan fingerprint density at radius 3 is 2.94 bits per heavy atom. The molecule has 0 radical (unpaired) electrons. The highest BCUT2D eigenvalue weighted by atomic mass is 127. The van der Waals surface area contributed by atoms with E-state index in [0.29, 0.717) is 15.8 Å². The average molecular weight is 341 g/mol. The van der Waals surface area contributed by atoms with Crippen molar-refractivity contribution in [3.05, 3.63) is 55.5 Å². The molecule has 2 aromatic rings. The largest absolute Gasteiger partial charge is 0.309 e. The summed E-state index contributed by atoms with van der Waals surface area (Å²) < 4.78 is 0.681. The molecule has 0 aromatic carbocycles. The van der Waals surface area contributed by atoms with Crippen LogP contribution in [-0.4, -0.2) is 15.0 Å². The molecule has 0 unspecified atom stereocenters. The first-order chi connectivity index (χ1) is 8.20. The molecule has 0 saturated heterocycles. The number of aromatic nitrogens is 3. The van der Waals surface area contributed by atoms with Crippen LogP contribution in [-0.2, 0) is 12.8 Å². The van der Waals surface area contributed by atoms with Crippen LogP contribution < -0.4 is 5.56 Å². The molecule has 17 heavy (non-hydrogen) atoms. The van der Waals surface area contributed by atoms with Crippen LogP contribution in [0.2, 0.25) is 0 Å². The van der Waals surface area contributed by atoms with E-state index in [0.717, 1.165) is 17.7 Å². The van der Waals surface area contributed by atoms with E-state index in [9.17, 15) is 4.79 Å². The van der Waals surface area contributed by atoms with E-state index in [2.05, 4.69) is 15.0 Å². The zero-order valence-electron chi connectivity index (χ0n) is 9.40. The summed E-state index contributed by atoms with van der Waals surface area (Å²) in [4.78, 5) is 23.0. The second-order valence-corrected chi connectivity index (χ2v) is 4.74. The summed E-state index contributed by atoms with van der Waals surface area (Å²) in [6.07, 6.45) is 4.88. The highest BCUT2D eigenvalue weighted by Gasteiger charge is 2.07. The predicted octanol–water partition coefficient (Wildman–Crippen LogP) is 1.92. The molecule has 0 spiro atoms. The summed E-state index contributed by atoms with van der Waals surface area (Å²) in [6.45, 7) is 2.00. The molecule has 0 bridgehead atoms. The number of hydrogen-bond donors (Lipinski definition) is 1. The fourth-order valence-electron chi connectivity index (χ4n) is 1.57. The summed E-state index contributed by atoms with van der Waals surface area (Å²) in [5.74, 6) is 0.695. The van der Waals surface area contributed by atoms with Crippen molar-refractivity contribution in [3.63, 3.8) is 0 Å². The summed E-state index contributed by atoms with van der Waals surface area (Å²) in [6, 6.07) is 3.84. The lowest BCUT2D eigenvalue weighted by Gasteiger charge is -2.04. The van der Waals surface area contributed by atoms with Crippen LogP contribution >= 0.6 is 22.6 Å². The number of nitrogens with one attached hydrogen (secondary N) is 1. The zero-order chi connectivity index (χ0) is 12.3. The second kappa shape index (κ2) is 5.39. The van der Waals surface area contributed by atoms with Crippen molar-refractivity contribution < 1.29 is 0 Å². The van der Waals surface area contributed by atoms with Gasteiger partial charge in [-0.15, -0.1) is 0 Å². The Bertz CT molecular complexity index is 566. The third-order valence-corrected chi connectivity index (χ3v) is 3.52. The zero-order valence-corrected chi connectivity index (χ0v) is 11.6. The van der Waals surface area contributed by atoms with Gasteiger partial charge in [0, 0.05) is 18.8 Å². The molecule has 0 saturated carbocycles. The highest BCUT2D eigenvalue weighted by Crippen LogP contribution is 2.08. The van der Waals surface area contributed by atoms with Gasteiger partial charge in [-0.2, -0.15) is 0 Å². The maximum atomic E-state index is 11.7. The van der Waals surface area contributed by atoms with Crippen molar-refractivity contribution in [3.8, 4) is 0 Å². The second-order valence-electron chi connectivity index (χ2n) is 3.66. The molecule has 2 aromatic heterocycles. The maximum Gasteiger partial charge on any atom is 0.264 e. The van der Waals surface area contributed by atoms with E-state index in [-0.39, 0.29) is 5.56 Å². The van der Waals surface area contributed by atoms with Gasteiger partial charge in [0.15, 0.2) is 0 Å². The van der Waals surface area contributed by atoms with Crippen molar-refractivity contribution in [2.75, 3.05) is 0 Å². The van der Waals surface area contributed by atoms with E-state index in [1.165, 1.54) is 0 Å². The number of H-pyrrole nitrogens is 1. The quantitative estimate of drug-likeness (QED) is 0.868. The molecule has 4 nitrogen and oxygen atoms in total. The van der Waals surface area contributed by atoms with E-state index >= 15 is 0 Å². The molecule has 2 rings (SSSR count). The van der Waals surface area contributed by atoms with Gasteiger partial charge < -0.3 is 4.98 Å². The van der Waals surface area contributed by atoms with Crippen LogP contribution in [0.5, 0.6) is 0 Å². The van der Waals surface area contributed by atoms with Crippen LogP contribution in [0.25, 0.3) is 0 Å². The fourth-order valence-corrected chi connectivity index (χ4v) is 2.21. The molecule has 0 aliphatic heterocycles. The van der Waals surface area contributed by atoms with E-state index in [4.69, 9.17) is 0 Å². The fraction of sp³-hybridized carbons (Fsp3) is 0.250. The lowest BCUT2D eigenvalue weighted by molar-refractivity contribution is 0.873. The molecule has 0 amide bonds. The van der Waals surface area contributed by atoms with Gasteiger partial charge >= 0.3 is 0 Å². The predicted molar refractivity (Wildman–Crippen MR) is 74.0 cm³/mol. The molecule has 88 valence electrons. The molecule has 0 aliphatic carbocycles. The van der Waals surface area contributed by atoms with Crippen molar-refractivity contribution in [2.45, 2.75) is 19.8 Å². The number of nitrogens with zero attached hydrogens (tertiary/aromatic N) is 2. The van der Waals surface area contributed by atoms with Gasteiger partial charge in [-0.05, 0) is 40.6 Å². The van der Waals surface area contributed by atoms with Crippen LogP contribution in [0, 0.1) is 3.57 Å². The third-order valence-electron chi connectivity index (χ3n) is 2.41. The van der Waals surface area contributed by atoms with Gasteiger partial charge in [0.1, 0.15) is 5.82 Å². The summed E-state index contributed by atoms with van der Waals surface area (Å²) >= 11 is 2.03. The monoisotopic (exact) mass is 341 g/mol. The standard InChI is InChI=1S/C12H12IN3O/c1-2-9-11(13)12(17)16-10(15-9)6-8-4-3-5-14-7-8/h3-5,7H,2,6H2,1H3,(H,15,16,17). The van der Waals surface area contributed by atoms with Crippen LogP contribution in [0.1, 0.15) is 24.0 Å². The van der Waals surface area contributed by atoms with Crippen molar-refractivity contribution in [1.82, 2.24) is 15.0 Å². The Hall–Kier alpha value is -1.24. The number of aryl methyl sites for hydroxylation is 1. The minimum Gasteiger partial charge on any atom is -0.309 e. The SMILES string of the molecule is CCc1nc(Cc2cccnc2)[nH]c(=O)c1I. The molecule has 0 atom stereocenters. The van der Waals surface area contributed by atoms with Gasteiger partial charge in [-0.25, -0.2) is 4.98 Å². The summed E-state index contributed by atoms with van der Waals surface area (Å²) in [5.41, 5.74) is 1.84. The van der Waals surface area contributed by atoms with Crippen LogP contribution in [0.15, 0.2) is 29.3 Å². The Kier molecular flexibility index (Phi) is 3.88. The van der Waals surface area contributed by atoms with E-state index in [1.54, 1.807) is 12.4 Å². The third kappa shape index (κ3) is 2.91. The topological polar surface area (TPSA) is 58.6 Å². The summed E-state index contributed by atoms with van der Waals surface area (Å²) in [7, 11) is 0. The Morgan fingerprint density at radius 2 is 2.29 bits per heavy atom. The van der Waals surface area contributed by atoms with Crippen molar-refractivity contribution in [1.29, 1.82) is 0 Å². The number of rotatable bonds is 3. The first-order valence-electron chi connectivity index (χ1n) is 5.37. The number of aromatic amines is 1. The van der Waals surface area contributed by atoms with Crippen LogP contribution in [0.3, 0.4) is 0 Å². The molecule has 5 heteroatoms. The normalized spacial score (nSPS) is 10.5. The molecular weight excluding hydrogens is 329 g/mol. The highest BCUT2D eigenvalue weighted by molar-refractivity contribution is 14.1. The molecule has 0 aliphatic rings. The number of pyridine rings is 1. The van der Waals surface area contributed by atoms with Crippen LogP contribution in [0.4, 0.5) is 0 Å². The van der Waals surface area contributed by atoms with Gasteiger partial charge in [0.2, 0.25) is 0 Å². The molecule has 1 N–H and O–H groups in total. The number of halogens is 1. The average Bonchev–Trinajstić information content (AvgIpc) is 2.35.